The van der Waals surface area contributed by atoms with E-state index in [0.29, 0.717) is 48.7 Å². The zero-order valence-electron chi connectivity index (χ0n) is 19.2. The van der Waals surface area contributed by atoms with Gasteiger partial charge in [-0.3, -0.25) is 9.69 Å². The quantitative estimate of drug-likeness (QED) is 0.390. The van der Waals surface area contributed by atoms with E-state index in [0.717, 1.165) is 29.9 Å². The number of carbonyl (C=O) groups excluding carboxylic acids is 1. The molecule has 0 radical (unpaired) electrons. The van der Waals surface area contributed by atoms with Gasteiger partial charge in [0, 0.05) is 30.4 Å². The van der Waals surface area contributed by atoms with Gasteiger partial charge in [-0.2, -0.15) is 0 Å². The maximum Gasteiger partial charge on any atom is 0.299 e. The zero-order valence-corrected chi connectivity index (χ0v) is 19.2. The predicted octanol–water partition coefficient (Wildman–Crippen LogP) is 4.02. The number of ether oxygens (including phenoxy) is 2. The van der Waals surface area contributed by atoms with Crippen LogP contribution in [0.2, 0.25) is 0 Å². The maximum atomic E-state index is 12.6. The molecule has 4 aromatic rings. The Bertz CT molecular complexity index is 1280. The average Bonchev–Trinajstić information content (AvgIpc) is 3.58. The summed E-state index contributed by atoms with van der Waals surface area (Å²) in [5, 5.41) is 6.14. The van der Waals surface area contributed by atoms with Crippen molar-refractivity contribution in [2.45, 2.75) is 0 Å². The Labute approximate surface area is 201 Å². The number of carbonyl (C=O) groups is 1. The van der Waals surface area contributed by atoms with Gasteiger partial charge in [-0.15, -0.1) is 0 Å². The molecular weight excluding hydrogens is 450 g/mol. The summed E-state index contributed by atoms with van der Waals surface area (Å²) in [7, 11) is 1.59. The molecule has 2 aromatic heterocycles. The van der Waals surface area contributed by atoms with Gasteiger partial charge in [0.2, 0.25) is 5.91 Å². The number of morpholine rings is 1. The SMILES string of the molecule is COc1cc(Nc2ncc(-c3ccccc3NC(=O)CN3CCOCC3)o2)ccc1-c1cnco1. The Kier molecular flexibility index (Phi) is 6.73. The Balaban J connectivity index is 1.30. The number of amides is 1. The van der Waals surface area contributed by atoms with Crippen molar-refractivity contribution in [3.63, 3.8) is 0 Å². The van der Waals surface area contributed by atoms with Gasteiger partial charge in [-0.05, 0) is 24.3 Å². The summed E-state index contributed by atoms with van der Waals surface area (Å²) in [5.41, 5.74) is 2.91. The summed E-state index contributed by atoms with van der Waals surface area (Å²) in [6.07, 6.45) is 4.62. The van der Waals surface area contributed by atoms with E-state index in [1.807, 2.05) is 42.5 Å². The van der Waals surface area contributed by atoms with Crippen LogP contribution >= 0.6 is 0 Å². The molecule has 0 saturated carbocycles. The van der Waals surface area contributed by atoms with Gasteiger partial charge in [0.05, 0.1) is 50.5 Å². The summed E-state index contributed by atoms with van der Waals surface area (Å²) in [6.45, 7) is 3.10. The Morgan fingerprint density at radius 3 is 2.74 bits per heavy atom. The lowest BCUT2D eigenvalue weighted by Crippen LogP contribution is -2.41. The third kappa shape index (κ3) is 5.34. The van der Waals surface area contributed by atoms with Crippen LogP contribution in [0.4, 0.5) is 17.4 Å². The van der Waals surface area contributed by atoms with E-state index in [1.54, 1.807) is 19.5 Å². The second kappa shape index (κ2) is 10.4. The highest BCUT2D eigenvalue weighted by Gasteiger charge is 2.17. The monoisotopic (exact) mass is 475 g/mol. The van der Waals surface area contributed by atoms with E-state index < -0.39 is 0 Å². The molecule has 1 fully saturated rings. The van der Waals surface area contributed by atoms with Crippen molar-refractivity contribution in [2.24, 2.45) is 0 Å². The van der Waals surface area contributed by atoms with E-state index in [-0.39, 0.29) is 5.91 Å². The molecule has 180 valence electrons. The van der Waals surface area contributed by atoms with Crippen LogP contribution in [-0.4, -0.2) is 60.7 Å². The maximum absolute atomic E-state index is 12.6. The molecule has 0 atom stereocenters. The van der Waals surface area contributed by atoms with Crippen LogP contribution in [0.15, 0.2) is 70.1 Å². The normalized spacial score (nSPS) is 14.0. The number of nitrogens with one attached hydrogen (secondary N) is 2. The van der Waals surface area contributed by atoms with Crippen molar-refractivity contribution in [3.05, 3.63) is 61.3 Å². The van der Waals surface area contributed by atoms with E-state index in [1.165, 1.54) is 6.39 Å². The Morgan fingerprint density at radius 2 is 1.94 bits per heavy atom. The average molecular weight is 476 g/mol. The Hall–Kier alpha value is -4.15. The van der Waals surface area contributed by atoms with Gasteiger partial charge in [0.15, 0.2) is 17.9 Å². The number of hydrogen-bond donors (Lipinski definition) is 2. The fourth-order valence-corrected chi connectivity index (χ4v) is 3.86. The standard InChI is InChI=1S/C25H25N5O5/c1-32-21-12-17(6-7-19(21)22-13-26-16-34-22)28-25-27-14-23(35-25)18-4-2-3-5-20(18)29-24(31)15-30-8-10-33-11-9-30/h2-7,12-14,16H,8-11,15H2,1H3,(H,27,28)(H,29,31). The van der Waals surface area contributed by atoms with Gasteiger partial charge in [-0.25, -0.2) is 9.97 Å². The summed E-state index contributed by atoms with van der Waals surface area (Å²) in [4.78, 5) is 23.0. The first-order chi connectivity index (χ1) is 17.2. The van der Waals surface area contributed by atoms with Crippen LogP contribution in [0.5, 0.6) is 5.75 Å². The molecule has 1 aliphatic rings. The van der Waals surface area contributed by atoms with Crippen molar-refractivity contribution < 1.29 is 23.1 Å². The lowest BCUT2D eigenvalue weighted by atomic mass is 10.1. The second-order valence-corrected chi connectivity index (χ2v) is 7.92. The summed E-state index contributed by atoms with van der Waals surface area (Å²) in [5.74, 6) is 1.67. The van der Waals surface area contributed by atoms with Crippen molar-refractivity contribution in [1.82, 2.24) is 14.9 Å². The number of para-hydroxylation sites is 1. The number of hydrogen-bond acceptors (Lipinski definition) is 9. The molecule has 3 heterocycles. The smallest absolute Gasteiger partial charge is 0.299 e. The molecule has 10 nitrogen and oxygen atoms in total. The van der Waals surface area contributed by atoms with Gasteiger partial charge < -0.3 is 28.9 Å². The minimum Gasteiger partial charge on any atom is -0.496 e. The number of methoxy groups -OCH3 is 1. The molecule has 0 unspecified atom stereocenters. The molecule has 2 N–H and O–H groups in total. The summed E-state index contributed by atoms with van der Waals surface area (Å²) in [6, 6.07) is 13.3. The van der Waals surface area contributed by atoms with Gasteiger partial charge in [0.25, 0.3) is 6.01 Å². The molecule has 10 heteroatoms. The summed E-state index contributed by atoms with van der Waals surface area (Å²) < 4.78 is 22.2. The first kappa shape index (κ1) is 22.6. The third-order valence-electron chi connectivity index (χ3n) is 5.59. The molecule has 2 aromatic carbocycles. The minimum atomic E-state index is -0.0869. The lowest BCUT2D eigenvalue weighted by molar-refractivity contribution is -0.118. The highest BCUT2D eigenvalue weighted by Crippen LogP contribution is 2.34. The summed E-state index contributed by atoms with van der Waals surface area (Å²) >= 11 is 0. The van der Waals surface area contributed by atoms with Crippen molar-refractivity contribution in [3.8, 4) is 28.4 Å². The van der Waals surface area contributed by atoms with Gasteiger partial charge in [0.1, 0.15) is 5.75 Å². The zero-order chi connectivity index (χ0) is 24.0. The number of rotatable bonds is 8. The van der Waals surface area contributed by atoms with Crippen LogP contribution in [0.3, 0.4) is 0 Å². The van der Waals surface area contributed by atoms with Crippen LogP contribution in [0.25, 0.3) is 22.6 Å². The van der Waals surface area contributed by atoms with E-state index in [9.17, 15) is 4.79 Å². The van der Waals surface area contributed by atoms with E-state index >= 15 is 0 Å². The van der Waals surface area contributed by atoms with E-state index in [4.69, 9.17) is 18.3 Å². The number of aromatic nitrogens is 2. The first-order valence-electron chi connectivity index (χ1n) is 11.2. The van der Waals surface area contributed by atoms with Crippen molar-refractivity contribution in [2.75, 3.05) is 50.6 Å². The van der Waals surface area contributed by atoms with Crippen LogP contribution < -0.4 is 15.4 Å². The lowest BCUT2D eigenvalue weighted by Gasteiger charge is -2.25. The molecule has 1 aliphatic heterocycles. The molecule has 5 rings (SSSR count). The van der Waals surface area contributed by atoms with Gasteiger partial charge in [-0.1, -0.05) is 12.1 Å². The van der Waals surface area contributed by atoms with Crippen LogP contribution in [0.1, 0.15) is 0 Å². The molecule has 1 amide bonds. The molecule has 1 saturated heterocycles. The highest BCUT2D eigenvalue weighted by atomic mass is 16.5. The Morgan fingerprint density at radius 1 is 1.09 bits per heavy atom. The van der Waals surface area contributed by atoms with Crippen LogP contribution in [-0.2, 0) is 9.53 Å². The molecule has 0 spiro atoms. The fourth-order valence-electron chi connectivity index (χ4n) is 3.86. The van der Waals surface area contributed by atoms with E-state index in [2.05, 4.69) is 25.5 Å². The third-order valence-corrected chi connectivity index (χ3v) is 5.59. The largest absolute Gasteiger partial charge is 0.496 e. The predicted molar refractivity (Wildman–Crippen MR) is 130 cm³/mol. The fraction of sp³-hybridized carbons (Fsp3) is 0.240. The number of nitrogens with zero attached hydrogens (tertiary/aromatic N) is 3. The van der Waals surface area contributed by atoms with Crippen molar-refractivity contribution >= 4 is 23.3 Å². The topological polar surface area (TPSA) is 115 Å². The number of benzene rings is 2. The molecule has 35 heavy (non-hydrogen) atoms. The number of oxazole rings is 2. The molecular formula is C25H25N5O5. The first-order valence-corrected chi connectivity index (χ1v) is 11.2. The highest BCUT2D eigenvalue weighted by molar-refractivity contribution is 5.96. The van der Waals surface area contributed by atoms with Gasteiger partial charge >= 0.3 is 0 Å². The molecule has 0 aliphatic carbocycles. The molecule has 0 bridgehead atoms. The van der Waals surface area contributed by atoms with Crippen molar-refractivity contribution in [1.29, 1.82) is 0 Å². The number of anilines is 3. The van der Waals surface area contributed by atoms with Crippen LogP contribution in [0, 0.1) is 0 Å². The second-order valence-electron chi connectivity index (χ2n) is 7.92. The minimum absolute atomic E-state index is 0.0869.